The quantitative estimate of drug-likeness (QED) is 0.778. The van der Waals surface area contributed by atoms with Crippen LogP contribution in [0.25, 0.3) is 11.4 Å². The summed E-state index contributed by atoms with van der Waals surface area (Å²) in [7, 11) is 0. The van der Waals surface area contributed by atoms with E-state index in [0.29, 0.717) is 23.1 Å². The van der Waals surface area contributed by atoms with Crippen molar-refractivity contribution in [2.45, 2.75) is 20.8 Å². The van der Waals surface area contributed by atoms with Crippen LogP contribution in [0.4, 0.5) is 11.4 Å². The van der Waals surface area contributed by atoms with E-state index in [1.165, 1.54) is 0 Å². The molecule has 20 heavy (non-hydrogen) atoms. The first-order valence-electron chi connectivity index (χ1n) is 6.19. The molecule has 0 fully saturated rings. The van der Waals surface area contributed by atoms with E-state index in [1.54, 1.807) is 6.92 Å². The number of carbonyl (C=O) groups excluding carboxylic acids is 1. The zero-order valence-electron chi connectivity index (χ0n) is 11.5. The third-order valence-electron chi connectivity index (χ3n) is 3.40. The minimum Gasteiger partial charge on any atom is -0.350 e. The van der Waals surface area contributed by atoms with E-state index in [-0.39, 0.29) is 5.91 Å². The Balaban J connectivity index is 2.28. The van der Waals surface area contributed by atoms with Crippen molar-refractivity contribution < 1.29 is 9.32 Å². The molecule has 2 N–H and O–H groups in total. The number of rotatable bonds is 1. The predicted octanol–water partition coefficient (Wildman–Crippen LogP) is 2.54. The second kappa shape index (κ2) is 4.19. The topological polar surface area (TPSA) is 80.1 Å². The van der Waals surface area contributed by atoms with Gasteiger partial charge in [0.25, 0.3) is 5.91 Å². The fraction of sp³-hybridized carbons (Fsp3) is 0.214. The molecule has 1 aliphatic rings. The maximum atomic E-state index is 11.8. The first kappa shape index (κ1) is 12.4. The summed E-state index contributed by atoms with van der Waals surface area (Å²) in [6.45, 7) is 9.37. The van der Waals surface area contributed by atoms with Crippen molar-refractivity contribution >= 4 is 17.3 Å². The standard InChI is InChI=1S/C14H14N4O2/c1-6-5-10-12(17-14(19)8(3)15-10)11(7(6)2)13-16-9(4)20-18-13/h5,15H,3H2,1-2,4H3,(H,17,19). The van der Waals surface area contributed by atoms with Crippen LogP contribution in [0.5, 0.6) is 0 Å². The summed E-state index contributed by atoms with van der Waals surface area (Å²) in [6, 6.07) is 1.96. The Hall–Kier alpha value is -2.63. The number of hydrogen-bond donors (Lipinski definition) is 2. The number of nitrogens with zero attached hydrogens (tertiary/aromatic N) is 2. The van der Waals surface area contributed by atoms with Crippen LogP contribution in [0.2, 0.25) is 0 Å². The second-order valence-electron chi connectivity index (χ2n) is 4.81. The van der Waals surface area contributed by atoms with E-state index < -0.39 is 0 Å². The van der Waals surface area contributed by atoms with Crippen molar-refractivity contribution in [2.75, 3.05) is 10.6 Å². The zero-order valence-corrected chi connectivity index (χ0v) is 11.5. The van der Waals surface area contributed by atoms with Crippen molar-refractivity contribution in [1.29, 1.82) is 0 Å². The van der Waals surface area contributed by atoms with Gasteiger partial charge in [-0.15, -0.1) is 0 Å². The lowest BCUT2D eigenvalue weighted by molar-refractivity contribution is -0.112. The van der Waals surface area contributed by atoms with Crippen LogP contribution in [0.3, 0.4) is 0 Å². The third kappa shape index (κ3) is 1.77. The molecule has 1 aromatic heterocycles. The van der Waals surface area contributed by atoms with Gasteiger partial charge in [-0.05, 0) is 31.0 Å². The maximum absolute atomic E-state index is 11.8. The first-order chi connectivity index (χ1) is 9.47. The molecule has 1 aliphatic heterocycles. The first-order valence-corrected chi connectivity index (χ1v) is 6.19. The molecule has 0 aliphatic carbocycles. The molecular weight excluding hydrogens is 256 g/mol. The SMILES string of the molecule is C=C1Nc2cc(C)c(C)c(-c3noc(C)n3)c2NC1=O. The third-order valence-corrected chi connectivity index (χ3v) is 3.40. The van der Waals surface area contributed by atoms with Crippen molar-refractivity contribution in [1.82, 2.24) is 10.1 Å². The van der Waals surface area contributed by atoms with Crippen molar-refractivity contribution in [3.8, 4) is 11.4 Å². The molecule has 2 heterocycles. The molecule has 0 unspecified atom stereocenters. The van der Waals surface area contributed by atoms with Crippen LogP contribution in [0.1, 0.15) is 17.0 Å². The summed E-state index contributed by atoms with van der Waals surface area (Å²) >= 11 is 0. The predicted molar refractivity (Wildman–Crippen MR) is 75.3 cm³/mol. The highest BCUT2D eigenvalue weighted by Crippen LogP contribution is 2.40. The molecule has 0 spiro atoms. The number of benzene rings is 1. The van der Waals surface area contributed by atoms with Gasteiger partial charge >= 0.3 is 0 Å². The van der Waals surface area contributed by atoms with Crippen molar-refractivity contribution in [3.05, 3.63) is 35.4 Å². The monoisotopic (exact) mass is 270 g/mol. The van der Waals surface area contributed by atoms with E-state index in [1.807, 2.05) is 19.9 Å². The second-order valence-corrected chi connectivity index (χ2v) is 4.81. The van der Waals surface area contributed by atoms with Crippen LogP contribution in [0.15, 0.2) is 22.9 Å². The van der Waals surface area contributed by atoms with Crippen molar-refractivity contribution in [3.63, 3.8) is 0 Å². The Morgan fingerprint density at radius 2 is 2.00 bits per heavy atom. The summed E-state index contributed by atoms with van der Waals surface area (Å²) in [5.41, 5.74) is 4.60. The van der Waals surface area contributed by atoms with Crippen molar-refractivity contribution in [2.24, 2.45) is 0 Å². The van der Waals surface area contributed by atoms with Gasteiger partial charge in [0.1, 0.15) is 0 Å². The molecule has 0 saturated carbocycles. The Morgan fingerprint density at radius 1 is 1.25 bits per heavy atom. The van der Waals surface area contributed by atoms with E-state index >= 15 is 0 Å². The van der Waals surface area contributed by atoms with Gasteiger partial charge in [-0.1, -0.05) is 11.7 Å². The largest absolute Gasteiger partial charge is 0.350 e. The number of anilines is 2. The molecule has 0 radical (unpaired) electrons. The molecule has 6 heteroatoms. The molecule has 1 amide bonds. The van der Waals surface area contributed by atoms with Gasteiger partial charge in [-0.3, -0.25) is 4.79 Å². The van der Waals surface area contributed by atoms with Gasteiger partial charge in [-0.25, -0.2) is 0 Å². The zero-order chi connectivity index (χ0) is 14.4. The minimum atomic E-state index is -0.262. The van der Waals surface area contributed by atoms with Crippen LogP contribution >= 0.6 is 0 Å². The number of aryl methyl sites for hydroxylation is 2. The fourth-order valence-corrected chi connectivity index (χ4v) is 2.23. The summed E-state index contributed by atoms with van der Waals surface area (Å²) in [5, 5.41) is 9.79. The highest BCUT2D eigenvalue weighted by molar-refractivity contribution is 6.13. The van der Waals surface area contributed by atoms with Gasteiger partial charge in [0.05, 0.1) is 22.6 Å². The van der Waals surface area contributed by atoms with Crippen LogP contribution in [-0.4, -0.2) is 16.0 Å². The summed E-state index contributed by atoms with van der Waals surface area (Å²) in [6.07, 6.45) is 0. The maximum Gasteiger partial charge on any atom is 0.271 e. The Morgan fingerprint density at radius 3 is 2.65 bits per heavy atom. The number of fused-ring (bicyclic) bond motifs is 1. The van der Waals surface area contributed by atoms with Gasteiger partial charge in [0.15, 0.2) is 0 Å². The van der Waals surface area contributed by atoms with Gasteiger partial charge in [-0.2, -0.15) is 4.98 Å². The molecule has 2 aromatic rings. The number of carbonyl (C=O) groups is 1. The Labute approximate surface area is 115 Å². The number of amides is 1. The fourth-order valence-electron chi connectivity index (χ4n) is 2.23. The number of aromatic nitrogens is 2. The summed E-state index contributed by atoms with van der Waals surface area (Å²) < 4.78 is 5.04. The highest BCUT2D eigenvalue weighted by atomic mass is 16.5. The summed E-state index contributed by atoms with van der Waals surface area (Å²) in [5.74, 6) is 0.686. The average Bonchev–Trinajstić information content (AvgIpc) is 2.80. The lowest BCUT2D eigenvalue weighted by atomic mass is 9.97. The molecule has 3 rings (SSSR count). The smallest absolute Gasteiger partial charge is 0.271 e. The lowest BCUT2D eigenvalue weighted by Gasteiger charge is -2.24. The Kier molecular flexibility index (Phi) is 2.60. The average molecular weight is 270 g/mol. The van der Waals surface area contributed by atoms with E-state index in [4.69, 9.17) is 4.52 Å². The van der Waals surface area contributed by atoms with E-state index in [9.17, 15) is 4.79 Å². The molecule has 102 valence electrons. The highest BCUT2D eigenvalue weighted by Gasteiger charge is 2.25. The van der Waals surface area contributed by atoms with Crippen LogP contribution < -0.4 is 10.6 Å². The van der Waals surface area contributed by atoms with E-state index in [0.717, 1.165) is 22.4 Å². The van der Waals surface area contributed by atoms with Crippen LogP contribution in [-0.2, 0) is 4.79 Å². The Bertz CT molecular complexity index is 746. The molecule has 0 saturated heterocycles. The molecule has 0 bridgehead atoms. The normalized spacial score (nSPS) is 13.8. The summed E-state index contributed by atoms with van der Waals surface area (Å²) in [4.78, 5) is 16.1. The number of nitrogens with one attached hydrogen (secondary N) is 2. The van der Waals surface area contributed by atoms with Gasteiger partial charge in [0, 0.05) is 6.92 Å². The van der Waals surface area contributed by atoms with Gasteiger partial charge in [0.2, 0.25) is 11.7 Å². The molecule has 6 nitrogen and oxygen atoms in total. The lowest BCUT2D eigenvalue weighted by Crippen LogP contribution is -2.25. The van der Waals surface area contributed by atoms with E-state index in [2.05, 4.69) is 27.4 Å². The minimum absolute atomic E-state index is 0.262. The van der Waals surface area contributed by atoms with Gasteiger partial charge < -0.3 is 15.2 Å². The molecule has 1 aromatic carbocycles. The number of hydrogen-bond acceptors (Lipinski definition) is 5. The van der Waals surface area contributed by atoms with Crippen LogP contribution in [0, 0.1) is 20.8 Å². The molecule has 0 atom stereocenters. The molecular formula is C14H14N4O2.